The fourth-order valence-electron chi connectivity index (χ4n) is 0.915. The maximum atomic E-state index is 11.5. The molecule has 1 aromatic carbocycles. The van der Waals surface area contributed by atoms with Crippen LogP contribution in [0.2, 0.25) is 0 Å². The number of aliphatic hydroxyl groups excluding tert-OH is 1. The van der Waals surface area contributed by atoms with E-state index in [2.05, 4.69) is 0 Å². The molecule has 0 aliphatic heterocycles. The van der Waals surface area contributed by atoms with E-state index in [0.717, 1.165) is 0 Å². The summed E-state index contributed by atoms with van der Waals surface area (Å²) in [5, 5.41) is 17.0. The van der Waals surface area contributed by atoms with Gasteiger partial charge < -0.3 is 15.9 Å². The molecule has 0 saturated heterocycles. The van der Waals surface area contributed by atoms with Gasteiger partial charge >= 0.3 is 0 Å². The van der Waals surface area contributed by atoms with Crippen molar-refractivity contribution in [2.45, 2.75) is 11.2 Å². The van der Waals surface area contributed by atoms with Crippen LogP contribution in [0.25, 0.3) is 0 Å². The lowest BCUT2D eigenvalue weighted by Crippen LogP contribution is -2.31. The van der Waals surface area contributed by atoms with Crippen LogP contribution in [0.3, 0.4) is 0 Å². The van der Waals surface area contributed by atoms with Crippen molar-refractivity contribution in [2.75, 3.05) is 12.3 Å². The molecule has 0 saturated carbocycles. The Bertz CT molecular complexity index is 413. The van der Waals surface area contributed by atoms with Crippen LogP contribution in [-0.2, 0) is 10.0 Å². The molecule has 15 heavy (non-hydrogen) atoms. The molecule has 1 aromatic rings. The SMILES string of the molecule is Nc1ccc(S(=O)(=O)NCC(O)O)cc1. The lowest BCUT2D eigenvalue weighted by molar-refractivity contribution is -0.0335. The van der Waals surface area contributed by atoms with E-state index in [0.29, 0.717) is 5.69 Å². The topological polar surface area (TPSA) is 113 Å². The van der Waals surface area contributed by atoms with Gasteiger partial charge in [-0.3, -0.25) is 0 Å². The minimum absolute atomic E-state index is 0.0253. The number of sulfonamides is 1. The van der Waals surface area contributed by atoms with E-state index in [-0.39, 0.29) is 4.90 Å². The molecule has 0 atom stereocenters. The number of aliphatic hydroxyl groups is 2. The molecule has 0 spiro atoms. The first kappa shape index (κ1) is 11.9. The molecule has 84 valence electrons. The molecule has 7 heteroatoms. The van der Waals surface area contributed by atoms with E-state index in [1.165, 1.54) is 24.3 Å². The smallest absolute Gasteiger partial charge is 0.240 e. The van der Waals surface area contributed by atoms with Gasteiger partial charge in [-0.15, -0.1) is 0 Å². The molecule has 5 N–H and O–H groups in total. The molecule has 6 nitrogen and oxygen atoms in total. The summed E-state index contributed by atoms with van der Waals surface area (Å²) in [5.41, 5.74) is 5.85. The van der Waals surface area contributed by atoms with Crippen LogP contribution in [0.5, 0.6) is 0 Å². The molecule has 0 amide bonds. The molecule has 0 aliphatic carbocycles. The lowest BCUT2D eigenvalue weighted by Gasteiger charge is -2.07. The van der Waals surface area contributed by atoms with Gasteiger partial charge in [-0.25, -0.2) is 13.1 Å². The first-order chi connectivity index (χ1) is 6.92. The van der Waals surface area contributed by atoms with Crippen molar-refractivity contribution in [3.63, 3.8) is 0 Å². The number of anilines is 1. The highest BCUT2D eigenvalue weighted by atomic mass is 32.2. The maximum absolute atomic E-state index is 11.5. The number of rotatable bonds is 4. The zero-order valence-electron chi connectivity index (χ0n) is 7.79. The van der Waals surface area contributed by atoms with Crippen LogP contribution in [0.15, 0.2) is 29.2 Å². The van der Waals surface area contributed by atoms with E-state index in [4.69, 9.17) is 15.9 Å². The van der Waals surface area contributed by atoms with Crippen molar-refractivity contribution in [3.05, 3.63) is 24.3 Å². The van der Waals surface area contributed by atoms with Crippen molar-refractivity contribution in [1.82, 2.24) is 4.72 Å². The maximum Gasteiger partial charge on any atom is 0.240 e. The molecule has 0 aliphatic rings. The Morgan fingerprint density at radius 2 is 1.80 bits per heavy atom. The van der Waals surface area contributed by atoms with Crippen molar-refractivity contribution in [1.29, 1.82) is 0 Å². The van der Waals surface area contributed by atoms with Gasteiger partial charge in [-0.1, -0.05) is 0 Å². The normalized spacial score (nSPS) is 11.9. The van der Waals surface area contributed by atoms with Crippen molar-refractivity contribution in [2.24, 2.45) is 0 Å². The van der Waals surface area contributed by atoms with Crippen LogP contribution in [0.4, 0.5) is 5.69 Å². The standard InChI is InChI=1S/C8H12N2O4S/c9-6-1-3-7(4-2-6)15(13,14)10-5-8(11)12/h1-4,8,10-12H,5,9H2. The van der Waals surface area contributed by atoms with Crippen molar-refractivity contribution in [3.8, 4) is 0 Å². The first-order valence-corrected chi connectivity index (χ1v) is 5.61. The number of nitrogens with one attached hydrogen (secondary N) is 1. The Labute approximate surface area is 87.4 Å². The summed E-state index contributed by atoms with van der Waals surface area (Å²) >= 11 is 0. The molecule has 0 unspecified atom stereocenters. The van der Waals surface area contributed by atoms with Crippen molar-refractivity contribution >= 4 is 15.7 Å². The molecule has 1 rings (SSSR count). The molecular weight excluding hydrogens is 220 g/mol. The Morgan fingerprint density at radius 3 is 2.27 bits per heavy atom. The van der Waals surface area contributed by atoms with Gasteiger partial charge in [0.05, 0.1) is 11.4 Å². The molecule has 0 fully saturated rings. The van der Waals surface area contributed by atoms with E-state index in [1.807, 2.05) is 4.72 Å². The Hall–Kier alpha value is -1.15. The zero-order valence-corrected chi connectivity index (χ0v) is 8.61. The molecular formula is C8H12N2O4S. The van der Waals surface area contributed by atoms with Crippen LogP contribution >= 0.6 is 0 Å². The number of hydrogen-bond acceptors (Lipinski definition) is 5. The quantitative estimate of drug-likeness (QED) is 0.387. The highest BCUT2D eigenvalue weighted by Crippen LogP contribution is 2.10. The van der Waals surface area contributed by atoms with Crippen LogP contribution in [-0.4, -0.2) is 31.5 Å². The Morgan fingerprint density at radius 1 is 1.27 bits per heavy atom. The van der Waals surface area contributed by atoms with Gasteiger partial charge in [0, 0.05) is 5.69 Å². The average Bonchev–Trinajstić information content (AvgIpc) is 2.16. The van der Waals surface area contributed by atoms with Gasteiger partial charge in [0.25, 0.3) is 0 Å². The number of benzene rings is 1. The van der Waals surface area contributed by atoms with Gasteiger partial charge in [0.15, 0.2) is 6.29 Å². The van der Waals surface area contributed by atoms with Crippen molar-refractivity contribution < 1.29 is 18.6 Å². The summed E-state index contributed by atoms with van der Waals surface area (Å²) in [7, 11) is -3.70. The van der Waals surface area contributed by atoms with Crippen LogP contribution < -0.4 is 10.5 Å². The predicted molar refractivity (Wildman–Crippen MR) is 54.3 cm³/mol. The second kappa shape index (κ2) is 4.58. The van der Waals surface area contributed by atoms with Crippen LogP contribution in [0.1, 0.15) is 0 Å². The summed E-state index contributed by atoms with van der Waals surface area (Å²) < 4.78 is 25.0. The second-order valence-electron chi connectivity index (χ2n) is 2.90. The monoisotopic (exact) mass is 232 g/mol. The van der Waals surface area contributed by atoms with Gasteiger partial charge in [0.1, 0.15) is 0 Å². The number of hydrogen-bond donors (Lipinski definition) is 4. The fourth-order valence-corrected chi connectivity index (χ4v) is 1.94. The first-order valence-electron chi connectivity index (χ1n) is 4.13. The predicted octanol–water partition coefficient (Wildman–Crippen LogP) is -1.14. The summed E-state index contributed by atoms with van der Waals surface area (Å²) in [6.45, 7) is -0.452. The van der Waals surface area contributed by atoms with Gasteiger partial charge in [0.2, 0.25) is 10.0 Å². The van der Waals surface area contributed by atoms with E-state index < -0.39 is 22.9 Å². The van der Waals surface area contributed by atoms with E-state index >= 15 is 0 Å². The highest BCUT2D eigenvalue weighted by molar-refractivity contribution is 7.89. The third kappa shape index (κ3) is 3.48. The zero-order chi connectivity index (χ0) is 11.5. The van der Waals surface area contributed by atoms with E-state index in [1.54, 1.807) is 0 Å². The second-order valence-corrected chi connectivity index (χ2v) is 4.67. The Kier molecular flexibility index (Phi) is 3.64. The Balaban J connectivity index is 2.82. The summed E-state index contributed by atoms with van der Waals surface area (Å²) in [6, 6.07) is 5.57. The third-order valence-electron chi connectivity index (χ3n) is 1.65. The fraction of sp³-hybridized carbons (Fsp3) is 0.250. The average molecular weight is 232 g/mol. The minimum atomic E-state index is -3.70. The molecule has 0 aromatic heterocycles. The lowest BCUT2D eigenvalue weighted by atomic mass is 10.3. The highest BCUT2D eigenvalue weighted by Gasteiger charge is 2.14. The largest absolute Gasteiger partial charge is 0.399 e. The summed E-state index contributed by atoms with van der Waals surface area (Å²) in [5.74, 6) is 0. The molecule has 0 heterocycles. The number of nitrogens with two attached hydrogens (primary N) is 1. The van der Waals surface area contributed by atoms with Gasteiger partial charge in [-0.2, -0.15) is 0 Å². The molecule has 0 bridgehead atoms. The van der Waals surface area contributed by atoms with E-state index in [9.17, 15) is 8.42 Å². The minimum Gasteiger partial charge on any atom is -0.399 e. The molecule has 0 radical (unpaired) electrons. The van der Waals surface area contributed by atoms with Gasteiger partial charge in [-0.05, 0) is 24.3 Å². The summed E-state index contributed by atoms with van der Waals surface area (Å²) in [6.07, 6.45) is -1.71. The van der Waals surface area contributed by atoms with Crippen LogP contribution in [0, 0.1) is 0 Å². The third-order valence-corrected chi connectivity index (χ3v) is 3.09. The summed E-state index contributed by atoms with van der Waals surface area (Å²) in [4.78, 5) is 0.0253. The number of nitrogen functional groups attached to an aromatic ring is 1.